The molecule has 0 bridgehead atoms. The maximum atomic E-state index is 10.9. The van der Waals surface area contributed by atoms with Crippen molar-refractivity contribution in [3.8, 4) is 5.75 Å². The van der Waals surface area contributed by atoms with Gasteiger partial charge in [0.2, 0.25) is 0 Å². The Morgan fingerprint density at radius 2 is 2.07 bits per heavy atom. The number of aromatic carboxylic acids is 1. The highest BCUT2D eigenvalue weighted by atomic mass is 16.5. The quantitative estimate of drug-likeness (QED) is 0.793. The topological polar surface area (TPSA) is 49.8 Å². The van der Waals surface area contributed by atoms with Gasteiger partial charge < -0.3 is 14.7 Å². The van der Waals surface area contributed by atoms with Crippen LogP contribution in [0.1, 0.15) is 10.4 Å². The van der Waals surface area contributed by atoms with Crippen molar-refractivity contribution >= 4 is 11.7 Å². The lowest BCUT2D eigenvalue weighted by Crippen LogP contribution is -2.13. The van der Waals surface area contributed by atoms with Crippen molar-refractivity contribution in [3.05, 3.63) is 23.8 Å². The molecule has 0 heterocycles. The van der Waals surface area contributed by atoms with Gasteiger partial charge in [-0.2, -0.15) is 0 Å². The van der Waals surface area contributed by atoms with E-state index in [1.54, 1.807) is 38.2 Å². The molecule has 1 aromatic carbocycles. The zero-order valence-electron chi connectivity index (χ0n) is 8.44. The summed E-state index contributed by atoms with van der Waals surface area (Å²) in [4.78, 5) is 12.6. The number of methoxy groups -OCH3 is 1. The third kappa shape index (κ3) is 1.96. The molecule has 0 radical (unpaired) electrons. The summed E-state index contributed by atoms with van der Waals surface area (Å²) < 4.78 is 5.02. The number of carbonyl (C=O) groups is 1. The van der Waals surface area contributed by atoms with Gasteiger partial charge in [0.1, 0.15) is 5.75 Å². The van der Waals surface area contributed by atoms with Crippen LogP contribution in [0.2, 0.25) is 0 Å². The fourth-order valence-electron chi connectivity index (χ4n) is 1.19. The fraction of sp³-hybridized carbons (Fsp3) is 0.300. The molecule has 76 valence electrons. The number of anilines is 1. The minimum absolute atomic E-state index is 0.274. The van der Waals surface area contributed by atoms with Crippen LogP contribution in [0.3, 0.4) is 0 Å². The summed E-state index contributed by atoms with van der Waals surface area (Å²) in [6.45, 7) is 0. The van der Waals surface area contributed by atoms with Gasteiger partial charge in [0.05, 0.1) is 18.4 Å². The summed E-state index contributed by atoms with van der Waals surface area (Å²) in [7, 11) is 5.14. The largest absolute Gasteiger partial charge is 0.497 e. The number of carboxylic acid groups (broad SMARTS) is 1. The summed E-state index contributed by atoms with van der Waals surface area (Å²) in [5.41, 5.74) is 0.910. The third-order valence-corrected chi connectivity index (χ3v) is 1.92. The lowest BCUT2D eigenvalue weighted by Gasteiger charge is -2.16. The van der Waals surface area contributed by atoms with Crippen molar-refractivity contribution < 1.29 is 14.6 Å². The highest BCUT2D eigenvalue weighted by molar-refractivity contribution is 5.94. The molecule has 0 fully saturated rings. The molecule has 0 saturated carbocycles. The standard InChI is InChI=1S/C10H13NO3/c1-11(2)9-6-7(14-3)4-5-8(9)10(12)13/h4-6H,1-3H3,(H,12,13). The van der Waals surface area contributed by atoms with Crippen LogP contribution in [0.5, 0.6) is 5.75 Å². The molecule has 0 aliphatic heterocycles. The van der Waals surface area contributed by atoms with Gasteiger partial charge in [-0.05, 0) is 12.1 Å². The first-order chi connectivity index (χ1) is 6.56. The maximum Gasteiger partial charge on any atom is 0.337 e. The predicted molar refractivity (Wildman–Crippen MR) is 54.3 cm³/mol. The van der Waals surface area contributed by atoms with Crippen molar-refractivity contribution in [3.63, 3.8) is 0 Å². The smallest absolute Gasteiger partial charge is 0.337 e. The molecule has 1 rings (SSSR count). The molecular weight excluding hydrogens is 182 g/mol. The average Bonchev–Trinajstić information content (AvgIpc) is 2.16. The molecule has 0 spiro atoms. The zero-order chi connectivity index (χ0) is 10.7. The number of nitrogens with zero attached hydrogens (tertiary/aromatic N) is 1. The number of hydrogen-bond acceptors (Lipinski definition) is 3. The van der Waals surface area contributed by atoms with Crippen LogP contribution in [0.25, 0.3) is 0 Å². The Hall–Kier alpha value is -1.71. The summed E-state index contributed by atoms with van der Waals surface area (Å²) in [6, 6.07) is 4.87. The second kappa shape index (κ2) is 4.00. The monoisotopic (exact) mass is 195 g/mol. The van der Waals surface area contributed by atoms with E-state index in [-0.39, 0.29) is 5.56 Å². The van der Waals surface area contributed by atoms with Crippen LogP contribution in [-0.4, -0.2) is 32.3 Å². The minimum atomic E-state index is -0.934. The number of hydrogen-bond donors (Lipinski definition) is 1. The van der Waals surface area contributed by atoms with Gasteiger partial charge in [-0.25, -0.2) is 4.79 Å². The molecular formula is C10H13NO3. The van der Waals surface area contributed by atoms with Crippen molar-refractivity contribution in [2.45, 2.75) is 0 Å². The first-order valence-electron chi connectivity index (χ1n) is 4.15. The highest BCUT2D eigenvalue weighted by Gasteiger charge is 2.12. The summed E-state index contributed by atoms with van der Waals surface area (Å²) in [5.74, 6) is -0.282. The Labute approximate surface area is 82.7 Å². The third-order valence-electron chi connectivity index (χ3n) is 1.92. The van der Waals surface area contributed by atoms with E-state index < -0.39 is 5.97 Å². The van der Waals surface area contributed by atoms with Gasteiger partial charge in [-0.1, -0.05) is 0 Å². The maximum absolute atomic E-state index is 10.9. The average molecular weight is 195 g/mol. The van der Waals surface area contributed by atoms with Crippen LogP contribution in [0.4, 0.5) is 5.69 Å². The van der Waals surface area contributed by atoms with E-state index >= 15 is 0 Å². The van der Waals surface area contributed by atoms with Crippen molar-refractivity contribution in [1.29, 1.82) is 0 Å². The number of ether oxygens (including phenoxy) is 1. The molecule has 0 unspecified atom stereocenters. The molecule has 0 saturated heterocycles. The molecule has 4 heteroatoms. The first kappa shape index (κ1) is 10.4. The van der Waals surface area contributed by atoms with Crippen molar-refractivity contribution in [2.24, 2.45) is 0 Å². The molecule has 0 aliphatic rings. The fourth-order valence-corrected chi connectivity index (χ4v) is 1.19. The first-order valence-corrected chi connectivity index (χ1v) is 4.15. The Bertz CT molecular complexity index is 347. The molecule has 0 atom stereocenters. The Morgan fingerprint density at radius 1 is 1.43 bits per heavy atom. The number of carboxylic acids is 1. The lowest BCUT2D eigenvalue weighted by atomic mass is 10.1. The Morgan fingerprint density at radius 3 is 2.50 bits per heavy atom. The second-order valence-electron chi connectivity index (χ2n) is 3.08. The van der Waals surface area contributed by atoms with Crippen LogP contribution < -0.4 is 9.64 Å². The lowest BCUT2D eigenvalue weighted by molar-refractivity contribution is 0.0697. The predicted octanol–water partition coefficient (Wildman–Crippen LogP) is 1.46. The summed E-state index contributed by atoms with van der Waals surface area (Å²) in [6.07, 6.45) is 0. The van der Waals surface area contributed by atoms with E-state index in [0.717, 1.165) is 0 Å². The van der Waals surface area contributed by atoms with Gasteiger partial charge in [0.15, 0.2) is 0 Å². The molecule has 4 nitrogen and oxygen atoms in total. The molecule has 1 aromatic rings. The summed E-state index contributed by atoms with van der Waals surface area (Å²) >= 11 is 0. The van der Waals surface area contributed by atoms with Crippen LogP contribution in [0.15, 0.2) is 18.2 Å². The molecule has 0 aromatic heterocycles. The van der Waals surface area contributed by atoms with Crippen molar-refractivity contribution in [2.75, 3.05) is 26.1 Å². The van der Waals surface area contributed by atoms with Gasteiger partial charge in [-0.3, -0.25) is 0 Å². The second-order valence-corrected chi connectivity index (χ2v) is 3.08. The molecule has 0 amide bonds. The number of benzene rings is 1. The highest BCUT2D eigenvalue weighted by Crippen LogP contribution is 2.24. The van der Waals surface area contributed by atoms with E-state index in [1.807, 2.05) is 0 Å². The van der Waals surface area contributed by atoms with E-state index in [1.165, 1.54) is 6.07 Å². The molecule has 1 N–H and O–H groups in total. The van der Waals surface area contributed by atoms with Gasteiger partial charge >= 0.3 is 5.97 Å². The molecule has 0 aliphatic carbocycles. The van der Waals surface area contributed by atoms with E-state index in [9.17, 15) is 4.79 Å². The van der Waals surface area contributed by atoms with E-state index in [0.29, 0.717) is 11.4 Å². The van der Waals surface area contributed by atoms with Gasteiger partial charge in [-0.15, -0.1) is 0 Å². The minimum Gasteiger partial charge on any atom is -0.497 e. The van der Waals surface area contributed by atoms with Gasteiger partial charge in [0.25, 0.3) is 0 Å². The van der Waals surface area contributed by atoms with Crippen LogP contribution >= 0.6 is 0 Å². The van der Waals surface area contributed by atoms with Gasteiger partial charge in [0, 0.05) is 20.2 Å². The molecule has 14 heavy (non-hydrogen) atoms. The van der Waals surface area contributed by atoms with E-state index in [2.05, 4.69) is 0 Å². The van der Waals surface area contributed by atoms with E-state index in [4.69, 9.17) is 9.84 Å². The SMILES string of the molecule is COc1ccc(C(=O)O)c(N(C)C)c1. The van der Waals surface area contributed by atoms with Crippen LogP contribution in [0, 0.1) is 0 Å². The number of rotatable bonds is 3. The zero-order valence-corrected chi connectivity index (χ0v) is 8.44. The van der Waals surface area contributed by atoms with Crippen molar-refractivity contribution in [1.82, 2.24) is 0 Å². The normalized spacial score (nSPS) is 9.64. The summed E-state index contributed by atoms with van der Waals surface area (Å²) in [5, 5.41) is 8.91. The van der Waals surface area contributed by atoms with Crippen LogP contribution in [-0.2, 0) is 0 Å². The Balaban J connectivity index is 3.24. The Kier molecular flexibility index (Phi) is 2.96.